The van der Waals surface area contributed by atoms with Crippen LogP contribution in [0.1, 0.15) is 67.2 Å². The summed E-state index contributed by atoms with van der Waals surface area (Å²) in [4.78, 5) is 35.4. The molecule has 1 unspecified atom stereocenters. The Morgan fingerprint density at radius 3 is 2.27 bits per heavy atom. The Labute approximate surface area is 182 Å². The topological polar surface area (TPSA) is 97.0 Å². The average molecular weight is 430 g/mol. The molecule has 2 N–H and O–H groups in total. The molecule has 8 nitrogen and oxygen atoms in total. The summed E-state index contributed by atoms with van der Waals surface area (Å²) in [6, 6.07) is 0.332. The number of nitrogens with one attached hydrogen (secondary N) is 2. The fraction of sp³-hybridized carbons (Fsp3) is 0.773. The number of ketones is 1. The highest BCUT2D eigenvalue weighted by molar-refractivity contribution is 6.37. The lowest BCUT2D eigenvalue weighted by atomic mass is 10.0. The largest absolute Gasteiger partial charge is 0.444 e. The molecule has 0 saturated carbocycles. The minimum absolute atomic E-state index is 0.0170. The van der Waals surface area contributed by atoms with Gasteiger partial charge in [0.25, 0.3) is 5.91 Å². The molecule has 30 heavy (non-hydrogen) atoms. The van der Waals surface area contributed by atoms with Crippen molar-refractivity contribution in [2.75, 3.05) is 33.5 Å². The lowest BCUT2D eigenvalue weighted by Crippen LogP contribution is -2.44. The van der Waals surface area contributed by atoms with Crippen LogP contribution in [0.5, 0.6) is 0 Å². The lowest BCUT2D eigenvalue weighted by molar-refractivity contribution is -0.137. The molecule has 0 aromatic carbocycles. The first-order valence-electron chi connectivity index (χ1n) is 10.6. The zero-order valence-corrected chi connectivity index (χ0v) is 20.0. The van der Waals surface area contributed by atoms with Gasteiger partial charge in [0.05, 0.1) is 13.3 Å². The van der Waals surface area contributed by atoms with Crippen molar-refractivity contribution < 1.29 is 23.9 Å². The van der Waals surface area contributed by atoms with E-state index in [1.54, 1.807) is 0 Å². The second-order valence-electron chi connectivity index (χ2n) is 8.01. The van der Waals surface area contributed by atoms with Crippen LogP contribution in [-0.4, -0.2) is 67.8 Å². The van der Waals surface area contributed by atoms with Gasteiger partial charge in [0.15, 0.2) is 0 Å². The quantitative estimate of drug-likeness (QED) is 0.279. The average Bonchev–Trinajstić information content (AvgIpc) is 2.66. The van der Waals surface area contributed by atoms with Gasteiger partial charge in [-0.1, -0.05) is 26.3 Å². The number of methoxy groups -OCH3 is 1. The number of carbonyl (C=O) groups excluding carboxylic acids is 3. The van der Waals surface area contributed by atoms with Crippen LogP contribution in [0.2, 0.25) is 0 Å². The van der Waals surface area contributed by atoms with Crippen molar-refractivity contribution in [3.8, 4) is 0 Å². The molecule has 1 fully saturated rings. The van der Waals surface area contributed by atoms with Crippen LogP contribution in [0, 0.1) is 0 Å². The Bertz CT molecular complexity index is 503. The number of hydrogen-bond donors (Lipinski definition) is 2. The van der Waals surface area contributed by atoms with Gasteiger partial charge < -0.3 is 19.7 Å². The van der Waals surface area contributed by atoms with Crippen molar-refractivity contribution in [1.82, 2.24) is 15.5 Å². The minimum atomic E-state index is -0.608. The Balaban J connectivity index is 0. The van der Waals surface area contributed by atoms with E-state index < -0.39 is 11.7 Å². The van der Waals surface area contributed by atoms with Gasteiger partial charge in [-0.3, -0.25) is 14.9 Å². The van der Waals surface area contributed by atoms with E-state index in [0.29, 0.717) is 12.6 Å². The van der Waals surface area contributed by atoms with Crippen molar-refractivity contribution in [1.29, 1.82) is 0 Å². The molecule has 0 aliphatic carbocycles. The third kappa shape index (κ3) is 17.0. The summed E-state index contributed by atoms with van der Waals surface area (Å²) in [6.45, 7) is 16.8. The second kappa shape index (κ2) is 17.9. The lowest BCUT2D eigenvalue weighted by Gasteiger charge is -2.34. The van der Waals surface area contributed by atoms with Gasteiger partial charge >= 0.3 is 6.09 Å². The smallest absolute Gasteiger partial charge is 0.410 e. The maximum atomic E-state index is 11.7. The SMILES string of the molecule is C=CCNC(=O)C(=O)CNCOC.CC1CCCCN1C(=O)OC(C)(C)C.CCC. The zero-order valence-electron chi connectivity index (χ0n) is 20.0. The van der Waals surface area contributed by atoms with Crippen molar-refractivity contribution in [3.05, 3.63) is 12.7 Å². The number of Topliss-reactive ketones (excluding diaryl/α,β-unsaturated/α-hetero) is 1. The van der Waals surface area contributed by atoms with E-state index in [-0.39, 0.29) is 25.0 Å². The Morgan fingerprint density at radius 2 is 1.80 bits per heavy atom. The Morgan fingerprint density at radius 1 is 1.20 bits per heavy atom. The number of nitrogens with zero attached hydrogens (tertiary/aromatic N) is 1. The summed E-state index contributed by atoms with van der Waals surface area (Å²) in [5, 5.41) is 5.01. The van der Waals surface area contributed by atoms with E-state index in [4.69, 9.17) is 4.74 Å². The maximum absolute atomic E-state index is 11.7. The molecular weight excluding hydrogens is 386 g/mol. The molecule has 8 heteroatoms. The number of rotatable bonds is 7. The monoisotopic (exact) mass is 429 g/mol. The standard InChI is InChI=1S/C11H21NO2.C8H14N2O3.C3H8/c1-9-7-5-6-8-12(9)10(13)14-11(2,3)4;1-3-4-10-8(12)7(11)5-9-6-13-2;1-3-2/h9H,5-8H2,1-4H3;3,9H,1,4-6H2,2H3,(H,10,12);3H2,1-2H3. The van der Waals surface area contributed by atoms with Crippen LogP contribution in [-0.2, 0) is 19.1 Å². The minimum Gasteiger partial charge on any atom is -0.444 e. The van der Waals surface area contributed by atoms with E-state index in [1.807, 2.05) is 25.7 Å². The van der Waals surface area contributed by atoms with Crippen molar-refractivity contribution >= 4 is 17.8 Å². The Hall–Kier alpha value is -1.93. The van der Waals surface area contributed by atoms with E-state index in [1.165, 1.54) is 26.0 Å². The predicted octanol–water partition coefficient (Wildman–Crippen LogP) is 3.26. The fourth-order valence-electron chi connectivity index (χ4n) is 2.30. The summed E-state index contributed by atoms with van der Waals surface area (Å²) in [5.41, 5.74) is -0.381. The Kier molecular flexibility index (Phi) is 18.0. The highest BCUT2D eigenvalue weighted by Crippen LogP contribution is 2.19. The van der Waals surface area contributed by atoms with Gasteiger partial charge in [0.1, 0.15) is 5.60 Å². The van der Waals surface area contributed by atoms with Crippen LogP contribution in [0.25, 0.3) is 0 Å². The molecule has 0 radical (unpaired) electrons. The van der Waals surface area contributed by atoms with Gasteiger partial charge in [-0.05, 0) is 47.0 Å². The first-order valence-corrected chi connectivity index (χ1v) is 10.6. The number of likely N-dealkylation sites (tertiary alicyclic amines) is 1. The molecule has 1 saturated heterocycles. The van der Waals surface area contributed by atoms with Crippen molar-refractivity contribution in [3.63, 3.8) is 0 Å². The number of carbonyl (C=O) groups is 3. The number of hydrogen-bond acceptors (Lipinski definition) is 6. The van der Waals surface area contributed by atoms with Crippen LogP contribution >= 0.6 is 0 Å². The summed E-state index contributed by atoms with van der Waals surface area (Å²) in [6.07, 6.45) is 6.02. The third-order valence-corrected chi connectivity index (χ3v) is 3.62. The molecular formula is C22H43N3O5. The van der Waals surface area contributed by atoms with E-state index in [2.05, 4.69) is 42.7 Å². The summed E-state index contributed by atoms with van der Waals surface area (Å²) in [5.74, 6) is -1.12. The number of ether oxygens (including phenoxy) is 2. The summed E-state index contributed by atoms with van der Waals surface area (Å²) in [7, 11) is 1.50. The summed E-state index contributed by atoms with van der Waals surface area (Å²) < 4.78 is 9.98. The van der Waals surface area contributed by atoms with Gasteiger partial charge in [0, 0.05) is 26.2 Å². The molecule has 176 valence electrons. The molecule has 0 spiro atoms. The highest BCUT2D eigenvalue weighted by Gasteiger charge is 2.27. The maximum Gasteiger partial charge on any atom is 0.410 e. The molecule has 1 aliphatic heterocycles. The molecule has 2 amide bonds. The van der Waals surface area contributed by atoms with Crippen LogP contribution in [0.4, 0.5) is 4.79 Å². The summed E-state index contributed by atoms with van der Waals surface area (Å²) >= 11 is 0. The van der Waals surface area contributed by atoms with Crippen molar-refractivity contribution in [2.45, 2.75) is 78.9 Å². The molecule has 0 aromatic rings. The van der Waals surface area contributed by atoms with Gasteiger partial charge in [-0.25, -0.2) is 4.79 Å². The second-order valence-corrected chi connectivity index (χ2v) is 8.01. The molecule has 1 rings (SSSR count). The first-order chi connectivity index (χ1) is 14.0. The molecule has 1 heterocycles. The van der Waals surface area contributed by atoms with Gasteiger partial charge in [-0.2, -0.15) is 0 Å². The van der Waals surface area contributed by atoms with E-state index in [0.717, 1.165) is 19.4 Å². The normalized spacial score (nSPS) is 15.6. The first kappa shape index (κ1) is 30.3. The number of piperidine rings is 1. The highest BCUT2D eigenvalue weighted by atomic mass is 16.6. The van der Waals surface area contributed by atoms with Crippen LogP contribution in [0.3, 0.4) is 0 Å². The van der Waals surface area contributed by atoms with Crippen LogP contribution < -0.4 is 10.6 Å². The molecule has 1 atom stereocenters. The van der Waals surface area contributed by atoms with E-state index in [9.17, 15) is 14.4 Å². The van der Waals surface area contributed by atoms with Crippen LogP contribution in [0.15, 0.2) is 12.7 Å². The zero-order chi connectivity index (χ0) is 23.6. The molecule has 0 aromatic heterocycles. The molecule has 1 aliphatic rings. The third-order valence-electron chi connectivity index (χ3n) is 3.62. The van der Waals surface area contributed by atoms with Gasteiger partial charge in [-0.15, -0.1) is 6.58 Å². The van der Waals surface area contributed by atoms with E-state index >= 15 is 0 Å². The van der Waals surface area contributed by atoms with Crippen molar-refractivity contribution in [2.24, 2.45) is 0 Å². The number of amides is 2. The van der Waals surface area contributed by atoms with Gasteiger partial charge in [0.2, 0.25) is 5.78 Å². The molecule has 0 bridgehead atoms. The fourth-order valence-corrected chi connectivity index (χ4v) is 2.30. The predicted molar refractivity (Wildman–Crippen MR) is 120 cm³/mol.